The fourth-order valence-electron chi connectivity index (χ4n) is 1.43. The molecule has 1 aromatic rings. The topological polar surface area (TPSA) is 34.2 Å². The largest absolute Gasteiger partial charge is 0.480 e. The number of hydrogen-bond donors (Lipinski definition) is 1. The summed E-state index contributed by atoms with van der Waals surface area (Å²) in [6.07, 6.45) is 4.06. The number of nitrogens with one attached hydrogen (secondary N) is 1. The van der Waals surface area contributed by atoms with Gasteiger partial charge in [0.25, 0.3) is 0 Å². The molecule has 0 aliphatic rings. The van der Waals surface area contributed by atoms with Gasteiger partial charge in [-0.15, -0.1) is 0 Å². The highest BCUT2D eigenvalue weighted by Crippen LogP contribution is 2.21. The van der Waals surface area contributed by atoms with Gasteiger partial charge in [0.15, 0.2) is 0 Å². The zero-order valence-electron chi connectivity index (χ0n) is 9.08. The van der Waals surface area contributed by atoms with Gasteiger partial charge in [0.1, 0.15) is 0 Å². The number of nitrogens with zero attached hydrogens (tertiary/aromatic N) is 1. The lowest BCUT2D eigenvalue weighted by molar-refractivity contribution is 0.399. The monoisotopic (exact) mass is 194 g/mol. The third-order valence-corrected chi connectivity index (χ3v) is 2.09. The number of anilines is 1. The fourth-order valence-corrected chi connectivity index (χ4v) is 1.43. The molecule has 1 atom stereocenters. The lowest BCUT2D eigenvalue weighted by atomic mass is 10.2. The second-order valence-electron chi connectivity index (χ2n) is 3.39. The number of aromatic nitrogens is 1. The molecule has 1 rings (SSSR count). The molecule has 0 saturated carbocycles. The van der Waals surface area contributed by atoms with E-state index in [1.807, 2.05) is 12.1 Å². The van der Waals surface area contributed by atoms with E-state index in [0.717, 1.165) is 12.1 Å². The Balaban J connectivity index is 2.65. The molecule has 0 fully saturated rings. The SMILES string of the molecule is CCC[C@@H](C)Nc1cccnc1OC. The molecule has 0 bridgehead atoms. The molecule has 78 valence electrons. The predicted octanol–water partition coefficient (Wildman–Crippen LogP) is 2.69. The summed E-state index contributed by atoms with van der Waals surface area (Å²) in [6, 6.07) is 4.35. The van der Waals surface area contributed by atoms with E-state index >= 15 is 0 Å². The minimum absolute atomic E-state index is 0.457. The van der Waals surface area contributed by atoms with Crippen LogP contribution in [0.2, 0.25) is 0 Å². The van der Waals surface area contributed by atoms with Crippen LogP contribution in [0.5, 0.6) is 5.88 Å². The summed E-state index contributed by atoms with van der Waals surface area (Å²) in [7, 11) is 1.64. The van der Waals surface area contributed by atoms with Crippen LogP contribution >= 0.6 is 0 Å². The summed E-state index contributed by atoms with van der Waals surface area (Å²) in [6.45, 7) is 4.34. The van der Waals surface area contributed by atoms with Crippen molar-refractivity contribution in [2.75, 3.05) is 12.4 Å². The van der Waals surface area contributed by atoms with Crippen molar-refractivity contribution in [1.82, 2.24) is 4.98 Å². The van der Waals surface area contributed by atoms with Crippen LogP contribution in [0, 0.1) is 0 Å². The molecule has 0 amide bonds. The first-order valence-electron chi connectivity index (χ1n) is 5.03. The van der Waals surface area contributed by atoms with E-state index in [4.69, 9.17) is 4.74 Å². The Morgan fingerprint density at radius 1 is 1.57 bits per heavy atom. The van der Waals surface area contributed by atoms with Crippen molar-refractivity contribution in [3.63, 3.8) is 0 Å². The number of pyridine rings is 1. The van der Waals surface area contributed by atoms with Crippen LogP contribution in [0.15, 0.2) is 18.3 Å². The van der Waals surface area contributed by atoms with E-state index in [-0.39, 0.29) is 0 Å². The third kappa shape index (κ3) is 2.91. The van der Waals surface area contributed by atoms with Gasteiger partial charge in [-0.3, -0.25) is 0 Å². The van der Waals surface area contributed by atoms with E-state index in [1.54, 1.807) is 13.3 Å². The second-order valence-corrected chi connectivity index (χ2v) is 3.39. The molecule has 14 heavy (non-hydrogen) atoms. The van der Waals surface area contributed by atoms with Crippen molar-refractivity contribution >= 4 is 5.69 Å². The van der Waals surface area contributed by atoms with Crippen molar-refractivity contribution in [1.29, 1.82) is 0 Å². The zero-order chi connectivity index (χ0) is 10.4. The van der Waals surface area contributed by atoms with Crippen molar-refractivity contribution < 1.29 is 4.74 Å². The molecule has 1 aromatic heterocycles. The Labute approximate surface area is 85.5 Å². The highest BCUT2D eigenvalue weighted by Gasteiger charge is 2.05. The van der Waals surface area contributed by atoms with Crippen LogP contribution in [0.25, 0.3) is 0 Å². The van der Waals surface area contributed by atoms with Crippen LogP contribution < -0.4 is 10.1 Å². The Kier molecular flexibility index (Phi) is 4.23. The summed E-state index contributed by atoms with van der Waals surface area (Å²) in [5.74, 6) is 0.662. The van der Waals surface area contributed by atoms with Crippen LogP contribution in [0.3, 0.4) is 0 Å². The van der Waals surface area contributed by atoms with Gasteiger partial charge in [0.2, 0.25) is 5.88 Å². The molecule has 0 aliphatic carbocycles. The van der Waals surface area contributed by atoms with E-state index in [0.29, 0.717) is 11.9 Å². The smallest absolute Gasteiger partial charge is 0.237 e. The first-order valence-corrected chi connectivity index (χ1v) is 5.03. The van der Waals surface area contributed by atoms with Crippen LogP contribution in [0.1, 0.15) is 26.7 Å². The van der Waals surface area contributed by atoms with E-state index in [9.17, 15) is 0 Å². The standard InChI is InChI=1S/C11H18N2O/c1-4-6-9(2)13-10-7-5-8-12-11(10)14-3/h5,7-9,13H,4,6H2,1-3H3/t9-/m1/s1. The maximum atomic E-state index is 5.15. The summed E-state index contributed by atoms with van der Waals surface area (Å²) in [5, 5.41) is 3.37. The van der Waals surface area contributed by atoms with Gasteiger partial charge in [0, 0.05) is 12.2 Å². The Morgan fingerprint density at radius 3 is 3.00 bits per heavy atom. The molecule has 0 spiro atoms. The van der Waals surface area contributed by atoms with Crippen molar-refractivity contribution in [3.05, 3.63) is 18.3 Å². The molecule has 0 radical (unpaired) electrons. The van der Waals surface area contributed by atoms with Gasteiger partial charge in [-0.2, -0.15) is 0 Å². The average molecular weight is 194 g/mol. The number of rotatable bonds is 5. The summed E-state index contributed by atoms with van der Waals surface area (Å²) < 4.78 is 5.15. The second kappa shape index (κ2) is 5.47. The van der Waals surface area contributed by atoms with E-state index < -0.39 is 0 Å². The number of methoxy groups -OCH3 is 1. The molecule has 1 heterocycles. The lowest BCUT2D eigenvalue weighted by Crippen LogP contribution is -2.15. The third-order valence-electron chi connectivity index (χ3n) is 2.09. The van der Waals surface area contributed by atoms with Gasteiger partial charge in [-0.05, 0) is 25.5 Å². The molecule has 0 aromatic carbocycles. The molecule has 3 nitrogen and oxygen atoms in total. The summed E-state index contributed by atoms with van der Waals surface area (Å²) in [4.78, 5) is 4.13. The number of ether oxygens (including phenoxy) is 1. The van der Waals surface area contributed by atoms with Gasteiger partial charge in [-0.25, -0.2) is 4.98 Å². The maximum Gasteiger partial charge on any atom is 0.237 e. The molecule has 3 heteroatoms. The lowest BCUT2D eigenvalue weighted by Gasteiger charge is -2.15. The van der Waals surface area contributed by atoms with Crippen LogP contribution in [-0.4, -0.2) is 18.1 Å². The first-order chi connectivity index (χ1) is 6.77. The van der Waals surface area contributed by atoms with Crippen molar-refractivity contribution in [2.24, 2.45) is 0 Å². The normalized spacial score (nSPS) is 12.2. The quantitative estimate of drug-likeness (QED) is 0.782. The molecule has 0 aliphatic heterocycles. The fraction of sp³-hybridized carbons (Fsp3) is 0.545. The van der Waals surface area contributed by atoms with Gasteiger partial charge < -0.3 is 10.1 Å². The van der Waals surface area contributed by atoms with Crippen molar-refractivity contribution in [3.8, 4) is 5.88 Å². The predicted molar refractivity (Wildman–Crippen MR) is 58.8 cm³/mol. The van der Waals surface area contributed by atoms with Crippen LogP contribution in [-0.2, 0) is 0 Å². The maximum absolute atomic E-state index is 5.15. The van der Waals surface area contributed by atoms with E-state index in [1.165, 1.54) is 6.42 Å². The van der Waals surface area contributed by atoms with E-state index in [2.05, 4.69) is 24.1 Å². The van der Waals surface area contributed by atoms with Crippen LogP contribution in [0.4, 0.5) is 5.69 Å². The molecule has 0 unspecified atom stereocenters. The zero-order valence-corrected chi connectivity index (χ0v) is 9.08. The van der Waals surface area contributed by atoms with Gasteiger partial charge in [-0.1, -0.05) is 13.3 Å². The highest BCUT2D eigenvalue weighted by atomic mass is 16.5. The molecular formula is C11H18N2O. The first kappa shape index (κ1) is 10.8. The Bertz CT molecular complexity index is 276. The molecule has 1 N–H and O–H groups in total. The molecule has 0 saturated heterocycles. The Morgan fingerprint density at radius 2 is 2.36 bits per heavy atom. The molecular weight excluding hydrogens is 176 g/mol. The minimum Gasteiger partial charge on any atom is -0.480 e. The van der Waals surface area contributed by atoms with Gasteiger partial charge in [0.05, 0.1) is 12.8 Å². The average Bonchev–Trinajstić information content (AvgIpc) is 2.19. The highest BCUT2D eigenvalue weighted by molar-refractivity contribution is 5.52. The Hall–Kier alpha value is -1.25. The van der Waals surface area contributed by atoms with Crippen molar-refractivity contribution in [2.45, 2.75) is 32.7 Å². The van der Waals surface area contributed by atoms with Gasteiger partial charge >= 0.3 is 0 Å². The minimum atomic E-state index is 0.457. The number of hydrogen-bond acceptors (Lipinski definition) is 3. The summed E-state index contributed by atoms with van der Waals surface area (Å²) in [5.41, 5.74) is 0.968. The summed E-state index contributed by atoms with van der Waals surface area (Å²) >= 11 is 0.